The molecule has 0 bridgehead atoms. The Labute approximate surface area is 115 Å². The standard InChI is InChI=1S/C14H27N3O2/c1-14(2)8-7-13(19)17(11-9-14)10-5-3-4-6-12(18)16-15/h3-11,15H2,1-2H3,(H,16,18). The molecule has 0 unspecified atom stereocenters. The first-order valence-corrected chi connectivity index (χ1v) is 7.22. The molecular weight excluding hydrogens is 242 g/mol. The second-order valence-electron chi connectivity index (χ2n) is 6.17. The van der Waals surface area contributed by atoms with E-state index in [9.17, 15) is 9.59 Å². The van der Waals surface area contributed by atoms with E-state index in [-0.39, 0.29) is 17.2 Å². The quantitative estimate of drug-likeness (QED) is 0.333. The van der Waals surface area contributed by atoms with Gasteiger partial charge in [0.05, 0.1) is 0 Å². The average Bonchev–Trinajstić information content (AvgIpc) is 2.50. The van der Waals surface area contributed by atoms with E-state index >= 15 is 0 Å². The Bertz CT molecular complexity index is 316. The highest BCUT2D eigenvalue weighted by molar-refractivity contribution is 5.76. The van der Waals surface area contributed by atoms with Crippen LogP contribution in [0.2, 0.25) is 0 Å². The van der Waals surface area contributed by atoms with E-state index in [4.69, 9.17) is 5.84 Å². The Balaban J connectivity index is 2.21. The van der Waals surface area contributed by atoms with Crippen LogP contribution in [0.5, 0.6) is 0 Å². The number of nitrogens with one attached hydrogen (secondary N) is 1. The monoisotopic (exact) mass is 269 g/mol. The molecule has 0 atom stereocenters. The van der Waals surface area contributed by atoms with Crippen LogP contribution in [0.3, 0.4) is 0 Å². The minimum atomic E-state index is -0.118. The first-order chi connectivity index (χ1) is 8.94. The van der Waals surface area contributed by atoms with Gasteiger partial charge in [-0.25, -0.2) is 5.84 Å². The number of carbonyl (C=O) groups is 2. The third kappa shape index (κ3) is 6.05. The molecule has 2 amide bonds. The van der Waals surface area contributed by atoms with Crippen LogP contribution in [0.1, 0.15) is 58.8 Å². The van der Waals surface area contributed by atoms with Crippen LogP contribution in [-0.4, -0.2) is 29.8 Å². The van der Waals surface area contributed by atoms with Crippen molar-refractivity contribution in [1.29, 1.82) is 0 Å². The summed E-state index contributed by atoms with van der Waals surface area (Å²) in [6, 6.07) is 0. The second kappa shape index (κ2) is 7.48. The van der Waals surface area contributed by atoms with Crippen LogP contribution >= 0.6 is 0 Å². The largest absolute Gasteiger partial charge is 0.343 e. The van der Waals surface area contributed by atoms with E-state index in [0.29, 0.717) is 12.8 Å². The number of likely N-dealkylation sites (tertiary alicyclic amines) is 1. The highest BCUT2D eigenvalue weighted by Crippen LogP contribution is 2.30. The number of nitrogens with two attached hydrogens (primary N) is 1. The van der Waals surface area contributed by atoms with Gasteiger partial charge in [-0.1, -0.05) is 20.3 Å². The van der Waals surface area contributed by atoms with Gasteiger partial charge in [-0.05, 0) is 31.1 Å². The maximum Gasteiger partial charge on any atom is 0.233 e. The summed E-state index contributed by atoms with van der Waals surface area (Å²) in [5.74, 6) is 5.18. The number of hydrazine groups is 1. The molecule has 19 heavy (non-hydrogen) atoms. The van der Waals surface area contributed by atoms with Gasteiger partial charge in [-0.3, -0.25) is 15.0 Å². The van der Waals surface area contributed by atoms with E-state index < -0.39 is 0 Å². The van der Waals surface area contributed by atoms with Crippen molar-refractivity contribution >= 4 is 11.8 Å². The fraction of sp³-hybridized carbons (Fsp3) is 0.857. The Kier molecular flexibility index (Phi) is 6.28. The predicted octanol–water partition coefficient (Wildman–Crippen LogP) is 1.58. The molecule has 5 heteroatoms. The topological polar surface area (TPSA) is 75.4 Å². The highest BCUT2D eigenvalue weighted by Gasteiger charge is 2.26. The number of hydrogen-bond donors (Lipinski definition) is 2. The fourth-order valence-electron chi connectivity index (χ4n) is 2.36. The summed E-state index contributed by atoms with van der Waals surface area (Å²) in [5, 5.41) is 0. The van der Waals surface area contributed by atoms with Crippen LogP contribution in [-0.2, 0) is 9.59 Å². The number of unbranched alkanes of at least 4 members (excludes halogenated alkanes) is 2. The SMILES string of the molecule is CC1(C)CCC(=O)N(CCCCCC(=O)NN)CC1. The molecule has 0 radical (unpaired) electrons. The van der Waals surface area contributed by atoms with Crippen molar-refractivity contribution in [2.45, 2.75) is 58.8 Å². The van der Waals surface area contributed by atoms with Crippen molar-refractivity contribution in [3.8, 4) is 0 Å². The summed E-state index contributed by atoms with van der Waals surface area (Å²) < 4.78 is 0. The lowest BCUT2D eigenvalue weighted by Crippen LogP contribution is -2.31. The number of rotatable bonds is 6. The minimum Gasteiger partial charge on any atom is -0.343 e. The van der Waals surface area contributed by atoms with Gasteiger partial charge in [0.15, 0.2) is 0 Å². The summed E-state index contributed by atoms with van der Waals surface area (Å²) in [6.07, 6.45) is 5.95. The van der Waals surface area contributed by atoms with E-state index in [0.717, 1.165) is 45.2 Å². The van der Waals surface area contributed by atoms with E-state index in [1.165, 1.54) is 0 Å². The molecule has 1 heterocycles. The smallest absolute Gasteiger partial charge is 0.233 e. The van der Waals surface area contributed by atoms with Gasteiger partial charge >= 0.3 is 0 Å². The molecule has 0 saturated carbocycles. The first-order valence-electron chi connectivity index (χ1n) is 7.22. The third-order valence-corrected chi connectivity index (χ3v) is 3.92. The molecule has 0 aliphatic carbocycles. The van der Waals surface area contributed by atoms with Crippen molar-refractivity contribution in [2.24, 2.45) is 11.3 Å². The average molecular weight is 269 g/mol. The predicted molar refractivity (Wildman–Crippen MR) is 75.0 cm³/mol. The molecule has 1 saturated heterocycles. The van der Waals surface area contributed by atoms with Crippen molar-refractivity contribution in [1.82, 2.24) is 10.3 Å². The fourth-order valence-corrected chi connectivity index (χ4v) is 2.36. The normalized spacial score (nSPS) is 19.1. The van der Waals surface area contributed by atoms with Gasteiger partial charge in [0.1, 0.15) is 0 Å². The molecule has 1 rings (SSSR count). The van der Waals surface area contributed by atoms with Crippen molar-refractivity contribution in [3.05, 3.63) is 0 Å². The van der Waals surface area contributed by atoms with E-state index in [2.05, 4.69) is 19.3 Å². The summed E-state index contributed by atoms with van der Waals surface area (Å²) in [6.45, 7) is 6.15. The zero-order valence-corrected chi connectivity index (χ0v) is 12.2. The number of nitrogens with zero attached hydrogens (tertiary/aromatic N) is 1. The Hall–Kier alpha value is -1.10. The Morgan fingerprint density at radius 2 is 2.05 bits per heavy atom. The molecule has 0 aromatic carbocycles. The van der Waals surface area contributed by atoms with Gasteiger partial charge in [-0.2, -0.15) is 0 Å². The third-order valence-electron chi connectivity index (χ3n) is 3.92. The molecule has 1 aliphatic heterocycles. The molecule has 5 nitrogen and oxygen atoms in total. The van der Waals surface area contributed by atoms with Crippen LogP contribution in [0.15, 0.2) is 0 Å². The van der Waals surface area contributed by atoms with Crippen molar-refractivity contribution in [2.75, 3.05) is 13.1 Å². The van der Waals surface area contributed by atoms with Gasteiger partial charge in [0.2, 0.25) is 11.8 Å². The minimum absolute atomic E-state index is 0.118. The second-order valence-corrected chi connectivity index (χ2v) is 6.17. The highest BCUT2D eigenvalue weighted by atomic mass is 16.2. The zero-order valence-electron chi connectivity index (χ0n) is 12.2. The maximum absolute atomic E-state index is 12.0. The van der Waals surface area contributed by atoms with E-state index in [1.54, 1.807) is 0 Å². The molecule has 110 valence electrons. The van der Waals surface area contributed by atoms with Crippen LogP contribution < -0.4 is 11.3 Å². The van der Waals surface area contributed by atoms with Gasteiger partial charge in [0.25, 0.3) is 0 Å². The number of amides is 2. The lowest BCUT2D eigenvalue weighted by Gasteiger charge is -2.23. The Morgan fingerprint density at radius 3 is 2.74 bits per heavy atom. The van der Waals surface area contributed by atoms with Crippen LogP contribution in [0.25, 0.3) is 0 Å². The van der Waals surface area contributed by atoms with Gasteiger partial charge in [0, 0.05) is 25.9 Å². The maximum atomic E-state index is 12.0. The van der Waals surface area contributed by atoms with Crippen molar-refractivity contribution in [3.63, 3.8) is 0 Å². The molecule has 1 fully saturated rings. The number of hydrogen-bond acceptors (Lipinski definition) is 3. The first kappa shape index (κ1) is 16.0. The molecule has 1 aliphatic rings. The molecular formula is C14H27N3O2. The van der Waals surface area contributed by atoms with Crippen molar-refractivity contribution < 1.29 is 9.59 Å². The molecule has 0 aromatic heterocycles. The summed E-state index contributed by atoms with van der Waals surface area (Å²) in [5.41, 5.74) is 2.41. The van der Waals surface area contributed by atoms with Gasteiger partial charge < -0.3 is 4.90 Å². The van der Waals surface area contributed by atoms with E-state index in [1.807, 2.05) is 4.90 Å². The summed E-state index contributed by atoms with van der Waals surface area (Å²) >= 11 is 0. The summed E-state index contributed by atoms with van der Waals surface area (Å²) in [7, 11) is 0. The lowest BCUT2D eigenvalue weighted by molar-refractivity contribution is -0.130. The lowest BCUT2D eigenvalue weighted by atomic mass is 9.85. The zero-order chi connectivity index (χ0) is 14.3. The summed E-state index contributed by atoms with van der Waals surface area (Å²) in [4.78, 5) is 24.9. The molecule has 3 N–H and O–H groups in total. The van der Waals surface area contributed by atoms with Gasteiger partial charge in [-0.15, -0.1) is 0 Å². The Morgan fingerprint density at radius 1 is 1.32 bits per heavy atom. The molecule has 0 aromatic rings. The number of carbonyl (C=O) groups excluding carboxylic acids is 2. The molecule has 0 spiro atoms. The van der Waals surface area contributed by atoms with Crippen LogP contribution in [0.4, 0.5) is 0 Å². The van der Waals surface area contributed by atoms with Crippen LogP contribution in [0, 0.1) is 5.41 Å².